The summed E-state index contributed by atoms with van der Waals surface area (Å²) in [6.07, 6.45) is 0. The molecule has 0 aliphatic heterocycles. The Morgan fingerprint density at radius 1 is 1.00 bits per heavy atom. The zero-order chi connectivity index (χ0) is 19.6. The van der Waals surface area contributed by atoms with Crippen molar-refractivity contribution < 1.29 is 28.5 Å². The summed E-state index contributed by atoms with van der Waals surface area (Å²) in [6.45, 7) is 7.21. The molecule has 8 heteroatoms. The Morgan fingerprint density at radius 2 is 1.58 bits per heavy atom. The van der Waals surface area contributed by atoms with E-state index in [-0.39, 0.29) is 18.4 Å². The average molecular weight is 496 g/mol. The van der Waals surface area contributed by atoms with Gasteiger partial charge in [0.15, 0.2) is 5.78 Å². The van der Waals surface area contributed by atoms with Crippen LogP contribution in [0, 0.1) is 0 Å². The van der Waals surface area contributed by atoms with E-state index in [0.29, 0.717) is 48.8 Å². The van der Waals surface area contributed by atoms with Crippen LogP contribution in [0.5, 0.6) is 5.75 Å². The molecule has 0 unspecified atom stereocenters. The van der Waals surface area contributed by atoms with E-state index in [1.165, 1.54) is 6.92 Å². The molecule has 0 amide bonds. The minimum atomic E-state index is -0.608. The number of benzene rings is 1. The van der Waals surface area contributed by atoms with Gasteiger partial charge in [-0.25, -0.2) is 0 Å². The van der Waals surface area contributed by atoms with Gasteiger partial charge < -0.3 is 18.9 Å². The van der Waals surface area contributed by atoms with Crippen LogP contribution in [-0.4, -0.2) is 55.7 Å². The lowest BCUT2D eigenvalue weighted by Crippen LogP contribution is -2.24. The van der Waals surface area contributed by atoms with Gasteiger partial charge in [0.05, 0.1) is 35.2 Å². The molecule has 1 aromatic rings. The van der Waals surface area contributed by atoms with Crippen LogP contribution in [0.4, 0.5) is 0 Å². The van der Waals surface area contributed by atoms with E-state index in [1.54, 1.807) is 18.2 Å². The number of esters is 1. The number of hydrogen-bond donors (Lipinski definition) is 0. The molecule has 0 fully saturated rings. The first-order chi connectivity index (χ1) is 12.2. The van der Waals surface area contributed by atoms with E-state index < -0.39 is 4.32 Å². The summed E-state index contributed by atoms with van der Waals surface area (Å²) >= 11 is 6.79. The molecular weight excluding hydrogens is 472 g/mol. The Kier molecular flexibility index (Phi) is 10.4. The lowest BCUT2D eigenvalue weighted by atomic mass is 10.0. The first kappa shape index (κ1) is 23.1. The summed E-state index contributed by atoms with van der Waals surface area (Å²) < 4.78 is 21.1. The molecule has 0 saturated heterocycles. The highest BCUT2D eigenvalue weighted by Crippen LogP contribution is 2.29. The molecule has 0 heterocycles. The minimum absolute atomic E-state index is 0.00165. The van der Waals surface area contributed by atoms with Gasteiger partial charge in [-0.3, -0.25) is 9.59 Å². The van der Waals surface area contributed by atoms with Gasteiger partial charge in [-0.1, -0.05) is 15.9 Å². The van der Waals surface area contributed by atoms with Gasteiger partial charge in [0.1, 0.15) is 19.0 Å². The summed E-state index contributed by atoms with van der Waals surface area (Å²) in [7, 11) is 0. The molecule has 0 aromatic heterocycles. The highest BCUT2D eigenvalue weighted by atomic mass is 79.9. The molecule has 1 rings (SSSR count). The monoisotopic (exact) mass is 494 g/mol. The van der Waals surface area contributed by atoms with Gasteiger partial charge >= 0.3 is 5.97 Å². The van der Waals surface area contributed by atoms with Crippen molar-refractivity contribution in [2.24, 2.45) is 0 Å². The first-order valence-electron chi connectivity index (χ1n) is 8.16. The highest BCUT2D eigenvalue weighted by molar-refractivity contribution is 9.10. The third-order valence-corrected chi connectivity index (χ3v) is 4.10. The Hall–Kier alpha value is -0.960. The fraction of sp³-hybridized carbons (Fsp3) is 0.556. The van der Waals surface area contributed by atoms with Crippen LogP contribution in [0.1, 0.15) is 31.1 Å². The fourth-order valence-electron chi connectivity index (χ4n) is 1.88. The van der Waals surface area contributed by atoms with E-state index in [2.05, 4.69) is 31.9 Å². The highest BCUT2D eigenvalue weighted by Gasteiger charge is 2.25. The van der Waals surface area contributed by atoms with Crippen LogP contribution in [0.15, 0.2) is 22.7 Å². The molecule has 6 nitrogen and oxygen atoms in total. The SMILES string of the molecule is CC(=O)OCCOCCOCCOc1ccc(C(=O)C(C)(C)Br)cc1Br. The van der Waals surface area contributed by atoms with Crippen LogP contribution >= 0.6 is 31.9 Å². The molecule has 0 aliphatic carbocycles. The van der Waals surface area contributed by atoms with Crippen LogP contribution in [-0.2, 0) is 19.0 Å². The largest absolute Gasteiger partial charge is 0.490 e. The molecule has 0 saturated carbocycles. The number of hydrogen-bond acceptors (Lipinski definition) is 6. The number of ketones is 1. The zero-order valence-corrected chi connectivity index (χ0v) is 18.4. The van der Waals surface area contributed by atoms with Gasteiger partial charge in [0.25, 0.3) is 0 Å². The van der Waals surface area contributed by atoms with E-state index in [9.17, 15) is 9.59 Å². The summed E-state index contributed by atoms with van der Waals surface area (Å²) in [4.78, 5) is 22.8. The van der Waals surface area contributed by atoms with E-state index in [1.807, 2.05) is 13.8 Å². The Balaban J connectivity index is 2.22. The molecule has 0 bridgehead atoms. The number of carbonyl (C=O) groups excluding carboxylic acids is 2. The first-order valence-corrected chi connectivity index (χ1v) is 9.75. The van der Waals surface area contributed by atoms with E-state index in [0.717, 1.165) is 0 Å². The normalized spacial score (nSPS) is 11.3. The zero-order valence-electron chi connectivity index (χ0n) is 15.2. The van der Waals surface area contributed by atoms with Crippen molar-refractivity contribution in [3.63, 3.8) is 0 Å². The third kappa shape index (κ3) is 9.12. The standard InChI is InChI=1S/C18H24Br2O6/c1-13(21)25-10-8-23-6-7-24-9-11-26-16-5-4-14(12-15(16)19)17(22)18(2,3)20/h4-5,12H,6-11H2,1-3H3. The van der Waals surface area contributed by atoms with Crippen molar-refractivity contribution in [2.45, 2.75) is 25.1 Å². The lowest BCUT2D eigenvalue weighted by molar-refractivity contribution is -0.142. The van der Waals surface area contributed by atoms with Crippen molar-refractivity contribution in [1.82, 2.24) is 0 Å². The quantitative estimate of drug-likeness (QED) is 0.190. The van der Waals surface area contributed by atoms with Crippen LogP contribution in [0.3, 0.4) is 0 Å². The maximum Gasteiger partial charge on any atom is 0.302 e. The summed E-state index contributed by atoms with van der Waals surface area (Å²) in [5.74, 6) is 0.332. The minimum Gasteiger partial charge on any atom is -0.490 e. The molecule has 0 radical (unpaired) electrons. The fourth-order valence-corrected chi connectivity index (χ4v) is 2.60. The number of alkyl halides is 1. The van der Waals surface area contributed by atoms with Crippen LogP contribution in [0.2, 0.25) is 0 Å². The number of carbonyl (C=O) groups is 2. The second kappa shape index (κ2) is 11.7. The number of Topliss-reactive ketones (excluding diaryl/α,β-unsaturated/α-hetero) is 1. The number of halogens is 2. The van der Waals surface area contributed by atoms with Crippen molar-refractivity contribution >= 4 is 43.6 Å². The Labute approximate surface area is 170 Å². The topological polar surface area (TPSA) is 71.1 Å². The summed E-state index contributed by atoms with van der Waals surface area (Å²) in [6, 6.07) is 5.25. The molecule has 0 aliphatic rings. The molecule has 0 N–H and O–H groups in total. The van der Waals surface area contributed by atoms with Crippen molar-refractivity contribution in [3.8, 4) is 5.75 Å². The average Bonchev–Trinajstić information content (AvgIpc) is 2.55. The van der Waals surface area contributed by atoms with Crippen molar-refractivity contribution in [1.29, 1.82) is 0 Å². The second-order valence-electron chi connectivity index (χ2n) is 5.86. The number of rotatable bonds is 12. The molecule has 0 spiro atoms. The summed E-state index contributed by atoms with van der Waals surface area (Å²) in [5, 5.41) is 0. The Bertz CT molecular complexity index is 598. The molecule has 0 atom stereocenters. The van der Waals surface area contributed by atoms with Gasteiger partial charge in [-0.15, -0.1) is 0 Å². The van der Waals surface area contributed by atoms with Crippen molar-refractivity contribution in [3.05, 3.63) is 28.2 Å². The molecular formula is C18H24Br2O6. The molecule has 1 aromatic carbocycles. The summed E-state index contributed by atoms with van der Waals surface area (Å²) in [5.41, 5.74) is 0.605. The van der Waals surface area contributed by atoms with Crippen molar-refractivity contribution in [2.75, 3.05) is 39.6 Å². The van der Waals surface area contributed by atoms with Gasteiger partial charge in [-0.05, 0) is 48.0 Å². The predicted molar refractivity (Wildman–Crippen MR) is 105 cm³/mol. The van der Waals surface area contributed by atoms with E-state index >= 15 is 0 Å². The van der Waals surface area contributed by atoms with Crippen LogP contribution in [0.25, 0.3) is 0 Å². The van der Waals surface area contributed by atoms with Gasteiger partial charge in [-0.2, -0.15) is 0 Å². The van der Waals surface area contributed by atoms with Gasteiger partial charge in [0.2, 0.25) is 0 Å². The molecule has 26 heavy (non-hydrogen) atoms. The third-order valence-electron chi connectivity index (χ3n) is 3.12. The van der Waals surface area contributed by atoms with E-state index in [4.69, 9.17) is 18.9 Å². The maximum atomic E-state index is 12.2. The molecule has 146 valence electrons. The van der Waals surface area contributed by atoms with Crippen LogP contribution < -0.4 is 4.74 Å². The lowest BCUT2D eigenvalue weighted by Gasteiger charge is -2.15. The smallest absolute Gasteiger partial charge is 0.302 e. The second-order valence-corrected chi connectivity index (χ2v) is 8.70. The predicted octanol–water partition coefficient (Wildman–Crippen LogP) is 3.78. The van der Waals surface area contributed by atoms with Gasteiger partial charge in [0, 0.05) is 12.5 Å². The Morgan fingerprint density at radius 3 is 2.12 bits per heavy atom. The maximum absolute atomic E-state index is 12.2. The number of ether oxygens (including phenoxy) is 4.